The Kier molecular flexibility index (Phi) is 8.08. The van der Waals surface area contributed by atoms with Gasteiger partial charge < -0.3 is 10.4 Å². The van der Waals surface area contributed by atoms with E-state index in [1.165, 1.54) is 11.3 Å². The van der Waals surface area contributed by atoms with Crippen molar-refractivity contribution in [2.24, 2.45) is 17.8 Å². The minimum Gasteiger partial charge on any atom is -0.481 e. The molecule has 0 radical (unpaired) electrons. The van der Waals surface area contributed by atoms with Crippen LogP contribution >= 0.6 is 11.3 Å². The number of hydrogen-bond donors (Lipinski definition) is 2. The van der Waals surface area contributed by atoms with Crippen LogP contribution in [0.1, 0.15) is 78.3 Å². The van der Waals surface area contributed by atoms with Gasteiger partial charge in [0.15, 0.2) is 0 Å². The third kappa shape index (κ3) is 5.88. The molecule has 0 saturated heterocycles. The van der Waals surface area contributed by atoms with Crippen LogP contribution in [0.2, 0.25) is 0 Å². The Balaban J connectivity index is 1.36. The number of nitrogens with zero attached hydrogens (tertiary/aromatic N) is 1. The molecular formula is C32H38N2O4S. The summed E-state index contributed by atoms with van der Waals surface area (Å²) in [6.45, 7) is 6.90. The number of fused-ring (bicyclic) bond motifs is 1. The van der Waals surface area contributed by atoms with Crippen LogP contribution in [0.25, 0.3) is 0 Å². The molecule has 206 valence electrons. The average molecular weight is 547 g/mol. The lowest BCUT2D eigenvalue weighted by Crippen LogP contribution is -2.27. The van der Waals surface area contributed by atoms with E-state index >= 15 is 0 Å². The topological polar surface area (TPSA) is 88.4 Å². The molecule has 1 heterocycles. The maximum atomic E-state index is 13.8. The number of hydrogen-bond acceptors (Lipinski definition) is 4. The SMILES string of the molecule is Cc1c(CC(C)C)sc(=O)n1Cc1ccc(C(C(=O)Nc2cccc3c2CC(C(=O)O)C3)C2CCCC2)cc1. The Morgan fingerprint density at radius 2 is 1.79 bits per heavy atom. The predicted octanol–water partition coefficient (Wildman–Crippen LogP) is 6.18. The van der Waals surface area contributed by atoms with E-state index in [0.29, 0.717) is 25.3 Å². The summed E-state index contributed by atoms with van der Waals surface area (Å²) in [5, 5.41) is 12.7. The van der Waals surface area contributed by atoms with Gasteiger partial charge in [-0.05, 0) is 79.2 Å². The van der Waals surface area contributed by atoms with Crippen LogP contribution in [0.4, 0.5) is 5.69 Å². The number of nitrogens with one attached hydrogen (secondary N) is 1. The summed E-state index contributed by atoms with van der Waals surface area (Å²) in [5.74, 6) is -0.730. The lowest BCUT2D eigenvalue weighted by Gasteiger charge is -2.24. The molecular weight excluding hydrogens is 508 g/mol. The van der Waals surface area contributed by atoms with E-state index in [9.17, 15) is 19.5 Å². The molecule has 2 N–H and O–H groups in total. The van der Waals surface area contributed by atoms with E-state index in [1.54, 1.807) is 0 Å². The molecule has 2 atom stereocenters. The van der Waals surface area contributed by atoms with Gasteiger partial charge in [-0.25, -0.2) is 0 Å². The molecule has 7 heteroatoms. The highest BCUT2D eigenvalue weighted by Gasteiger charge is 2.34. The van der Waals surface area contributed by atoms with Crippen molar-refractivity contribution in [3.63, 3.8) is 0 Å². The number of aromatic nitrogens is 1. The molecule has 1 amide bonds. The van der Waals surface area contributed by atoms with Gasteiger partial charge in [0.05, 0.1) is 18.4 Å². The molecule has 0 aliphatic heterocycles. The number of carbonyl (C=O) groups excluding carboxylic acids is 1. The Bertz CT molecular complexity index is 1410. The summed E-state index contributed by atoms with van der Waals surface area (Å²) in [6.07, 6.45) is 6.18. The summed E-state index contributed by atoms with van der Waals surface area (Å²) < 4.78 is 1.86. The second-order valence-electron chi connectivity index (χ2n) is 11.7. The number of thiazole rings is 1. The summed E-state index contributed by atoms with van der Waals surface area (Å²) in [6, 6.07) is 14.0. The van der Waals surface area contributed by atoms with Gasteiger partial charge >= 0.3 is 10.8 Å². The normalized spacial score (nSPS) is 17.9. The zero-order valence-electron chi connectivity index (χ0n) is 23.0. The molecule has 2 aromatic carbocycles. The van der Waals surface area contributed by atoms with Crippen LogP contribution in [0.5, 0.6) is 0 Å². The fourth-order valence-electron chi connectivity index (χ4n) is 6.36. The van der Waals surface area contributed by atoms with Gasteiger partial charge in [-0.15, -0.1) is 0 Å². The van der Waals surface area contributed by atoms with Crippen molar-refractivity contribution in [1.29, 1.82) is 0 Å². The monoisotopic (exact) mass is 546 g/mol. The van der Waals surface area contributed by atoms with Crippen LogP contribution in [0, 0.1) is 24.7 Å². The molecule has 6 nitrogen and oxygen atoms in total. The molecule has 1 saturated carbocycles. The average Bonchev–Trinajstić information content (AvgIpc) is 3.63. The highest BCUT2D eigenvalue weighted by atomic mass is 32.1. The number of benzene rings is 2. The summed E-state index contributed by atoms with van der Waals surface area (Å²) in [7, 11) is 0. The van der Waals surface area contributed by atoms with Crippen molar-refractivity contribution < 1.29 is 14.7 Å². The lowest BCUT2D eigenvalue weighted by molar-refractivity contribution is -0.141. The highest BCUT2D eigenvalue weighted by Crippen LogP contribution is 2.39. The minimum atomic E-state index is -0.788. The first kappa shape index (κ1) is 27.4. The van der Waals surface area contributed by atoms with Gasteiger partial charge in [0, 0.05) is 16.3 Å². The Morgan fingerprint density at radius 3 is 2.46 bits per heavy atom. The number of carbonyl (C=O) groups is 2. The Hall–Kier alpha value is -3.19. The van der Waals surface area contributed by atoms with E-state index in [1.807, 2.05) is 41.8 Å². The molecule has 2 unspecified atom stereocenters. The minimum absolute atomic E-state index is 0.0231. The van der Waals surface area contributed by atoms with E-state index in [-0.39, 0.29) is 22.6 Å². The summed E-state index contributed by atoms with van der Waals surface area (Å²) >= 11 is 1.35. The summed E-state index contributed by atoms with van der Waals surface area (Å²) in [4.78, 5) is 39.3. The van der Waals surface area contributed by atoms with E-state index < -0.39 is 11.9 Å². The fourth-order valence-corrected chi connectivity index (χ4v) is 7.56. The highest BCUT2D eigenvalue weighted by molar-refractivity contribution is 7.09. The zero-order chi connectivity index (χ0) is 27.7. The van der Waals surface area contributed by atoms with Gasteiger partial charge in [0.25, 0.3) is 0 Å². The number of anilines is 1. The Labute approximate surface area is 234 Å². The van der Waals surface area contributed by atoms with E-state index in [0.717, 1.165) is 70.6 Å². The maximum Gasteiger partial charge on any atom is 0.307 e. The molecule has 0 spiro atoms. The second-order valence-corrected chi connectivity index (χ2v) is 12.7. The number of carboxylic acid groups (broad SMARTS) is 1. The van der Waals surface area contributed by atoms with Crippen LogP contribution in [-0.4, -0.2) is 21.6 Å². The van der Waals surface area contributed by atoms with Gasteiger partial charge in [-0.2, -0.15) is 0 Å². The maximum absolute atomic E-state index is 13.8. The molecule has 0 bridgehead atoms. The van der Waals surface area contributed by atoms with Crippen molar-refractivity contribution in [1.82, 2.24) is 4.57 Å². The van der Waals surface area contributed by atoms with Crippen molar-refractivity contribution >= 4 is 28.9 Å². The van der Waals surface area contributed by atoms with Gasteiger partial charge in [-0.3, -0.25) is 19.0 Å². The first-order chi connectivity index (χ1) is 18.7. The van der Waals surface area contributed by atoms with Gasteiger partial charge in [-0.1, -0.05) is 74.4 Å². The molecule has 2 aliphatic rings. The smallest absolute Gasteiger partial charge is 0.307 e. The summed E-state index contributed by atoms with van der Waals surface area (Å²) in [5.41, 5.74) is 5.79. The molecule has 3 aromatic rings. The quantitative estimate of drug-likeness (QED) is 0.336. The molecule has 1 aromatic heterocycles. The largest absolute Gasteiger partial charge is 0.481 e. The van der Waals surface area contributed by atoms with Crippen molar-refractivity contribution in [2.75, 3.05) is 5.32 Å². The Morgan fingerprint density at radius 1 is 1.08 bits per heavy atom. The van der Waals surface area contributed by atoms with Crippen molar-refractivity contribution in [2.45, 2.75) is 78.2 Å². The molecule has 5 rings (SSSR count). The second kappa shape index (κ2) is 11.5. The van der Waals surface area contributed by atoms with Crippen LogP contribution in [0.15, 0.2) is 47.3 Å². The van der Waals surface area contributed by atoms with Crippen LogP contribution in [-0.2, 0) is 35.4 Å². The third-order valence-corrected chi connectivity index (χ3v) is 9.57. The number of amides is 1. The molecule has 39 heavy (non-hydrogen) atoms. The first-order valence-electron chi connectivity index (χ1n) is 14.1. The number of carboxylic acids is 1. The lowest BCUT2D eigenvalue weighted by atomic mass is 9.83. The van der Waals surface area contributed by atoms with Crippen molar-refractivity contribution in [3.8, 4) is 0 Å². The van der Waals surface area contributed by atoms with E-state index in [4.69, 9.17) is 0 Å². The first-order valence-corrected chi connectivity index (χ1v) is 14.9. The standard InChI is InChI=1S/C32H38N2O4S/c1-19(2)15-28-20(3)34(32(38)39-28)18-21-11-13-23(14-12-21)29(22-7-4-5-8-22)30(35)33-27-10-6-9-24-16-25(31(36)37)17-26(24)27/h6,9-14,19,22,25,29H,4-5,7-8,15-18H2,1-3H3,(H,33,35)(H,36,37). The third-order valence-electron chi connectivity index (χ3n) is 8.46. The number of rotatable bonds is 9. The molecule has 2 aliphatic carbocycles. The number of aliphatic carboxylic acids is 1. The fraction of sp³-hybridized carbons (Fsp3) is 0.469. The zero-order valence-corrected chi connectivity index (χ0v) is 23.9. The predicted molar refractivity (Wildman–Crippen MR) is 156 cm³/mol. The molecule has 1 fully saturated rings. The van der Waals surface area contributed by atoms with E-state index in [2.05, 4.69) is 31.3 Å². The van der Waals surface area contributed by atoms with Crippen LogP contribution < -0.4 is 10.2 Å². The van der Waals surface area contributed by atoms with Gasteiger partial charge in [0.1, 0.15) is 0 Å². The van der Waals surface area contributed by atoms with Crippen LogP contribution in [0.3, 0.4) is 0 Å². The van der Waals surface area contributed by atoms with Crippen molar-refractivity contribution in [3.05, 3.63) is 85.0 Å². The van der Waals surface area contributed by atoms with Gasteiger partial charge in [0.2, 0.25) is 5.91 Å².